The number of hydrogen-bond donors (Lipinski definition) is 0. The summed E-state index contributed by atoms with van der Waals surface area (Å²) >= 11 is 1.91. The molecule has 4 nitrogen and oxygen atoms in total. The average molecular weight is 1170 g/mol. The van der Waals surface area contributed by atoms with Crippen molar-refractivity contribution in [3.05, 3.63) is 180 Å². The molecule has 11 aromatic rings. The van der Waals surface area contributed by atoms with E-state index in [1.807, 2.05) is 29.5 Å². The zero-order valence-electron chi connectivity index (χ0n) is 43.7. The van der Waals surface area contributed by atoms with Gasteiger partial charge in [0.25, 0.3) is 0 Å². The molecule has 1 aliphatic carbocycles. The van der Waals surface area contributed by atoms with Crippen LogP contribution in [0, 0.1) is 18.1 Å². The molecule has 0 amide bonds. The predicted octanol–water partition coefficient (Wildman–Crippen LogP) is 18.6. The zero-order valence-corrected chi connectivity index (χ0v) is 47.9. The number of pyridine rings is 1. The average Bonchev–Trinajstić information content (AvgIpc) is 4.20. The molecule has 4 heterocycles. The van der Waals surface area contributed by atoms with Gasteiger partial charge in [-0.15, -0.1) is 35.9 Å². The van der Waals surface area contributed by atoms with Gasteiger partial charge in [0.2, 0.25) is 0 Å². The van der Waals surface area contributed by atoms with Crippen LogP contribution in [0.25, 0.3) is 92.6 Å². The van der Waals surface area contributed by atoms with Gasteiger partial charge in [-0.1, -0.05) is 199 Å². The van der Waals surface area contributed by atoms with Crippen molar-refractivity contribution in [1.82, 2.24) is 14.5 Å². The maximum Gasteiger partial charge on any atom is 0.120 e. The van der Waals surface area contributed by atoms with Crippen molar-refractivity contribution < 1.29 is 24.5 Å². The fraction of sp³-hybridized carbons (Fsp3) is 0.273. The van der Waals surface area contributed by atoms with Crippen LogP contribution in [0.5, 0.6) is 0 Å². The Hall–Kier alpha value is -5.95. The molecule has 371 valence electrons. The number of rotatable bonds is 10. The third-order valence-corrected chi connectivity index (χ3v) is 18.1. The Morgan fingerprint density at radius 3 is 2.10 bits per heavy atom. The zero-order chi connectivity index (χ0) is 49.8. The van der Waals surface area contributed by atoms with Gasteiger partial charge in [-0.3, -0.25) is 4.98 Å². The number of furan rings is 1. The number of hydrogen-bond acceptors (Lipinski definition) is 4. The molecule has 1 aliphatic rings. The minimum atomic E-state index is -1.44. The molecule has 0 spiro atoms. The maximum atomic E-state index is 6.19. The van der Waals surface area contributed by atoms with E-state index in [0.29, 0.717) is 23.7 Å². The number of benzene rings is 7. The molecule has 7 aromatic carbocycles. The summed E-state index contributed by atoms with van der Waals surface area (Å²) in [5.74, 6) is 2.87. The molecule has 1 fully saturated rings. The van der Waals surface area contributed by atoms with Gasteiger partial charge < -0.3 is 14.0 Å². The minimum absolute atomic E-state index is 0. The van der Waals surface area contributed by atoms with E-state index in [1.54, 1.807) is 0 Å². The van der Waals surface area contributed by atoms with Crippen LogP contribution < -0.4 is 5.19 Å². The summed E-state index contributed by atoms with van der Waals surface area (Å²) in [6.45, 7) is 21.0. The SMILES string of the molecule is CC(C)Cc1cc(-c2[c-]ccc3c2oc2ccccc23)ncc1[Si](C)(C)C.CC(C)c1cc(-c2ccccc2)cc(C(C)C)c1-n1c(-c2[c-]cc(C3CCCC3)c3c2sc2ccccc23)nc2ccccc21.[Ir]. The molecule has 0 N–H and O–H groups in total. The van der Waals surface area contributed by atoms with Crippen LogP contribution in [-0.4, -0.2) is 22.6 Å². The van der Waals surface area contributed by atoms with Crippen molar-refractivity contribution in [2.75, 3.05) is 0 Å². The summed E-state index contributed by atoms with van der Waals surface area (Å²) in [5.41, 5.74) is 16.4. The molecular weight excluding hydrogens is 1100 g/mol. The number of aromatic nitrogens is 3. The second-order valence-electron chi connectivity index (χ2n) is 22.1. The number of fused-ring (bicyclic) bond motifs is 7. The van der Waals surface area contributed by atoms with E-state index in [2.05, 4.69) is 205 Å². The maximum absolute atomic E-state index is 6.19. The minimum Gasteiger partial charge on any atom is -0.501 e. The Kier molecular flexibility index (Phi) is 14.4. The topological polar surface area (TPSA) is 43.9 Å². The van der Waals surface area contributed by atoms with Crippen LogP contribution >= 0.6 is 11.3 Å². The molecule has 73 heavy (non-hydrogen) atoms. The second-order valence-corrected chi connectivity index (χ2v) is 28.2. The van der Waals surface area contributed by atoms with E-state index in [4.69, 9.17) is 14.4 Å². The third kappa shape index (κ3) is 9.59. The van der Waals surface area contributed by atoms with Crippen LogP contribution in [-0.2, 0) is 26.5 Å². The largest absolute Gasteiger partial charge is 0.501 e. The standard InChI is InChI=1S/C42H39N2S.C24H26NOSi.Ir/c1-26(2)34-24-30(28-14-6-5-7-15-28)25-35(27(3)4)40(34)44-37-20-12-11-19-36(37)43-42(44)33-23-22-31(29-16-8-9-17-29)39-32-18-10-13-21-38(32)45-41(33)39;1-16(2)13-17-14-21(25-15-23(17)27(3,4)5)20-11-8-10-19-18-9-6-7-12-22(18)26-24(19)20;/h5-7,10-15,18-22,24-27,29H,8-9,16-17H2,1-4H3;6-10,12,14-16H,13H2,1-5H3;/q2*-1;. The van der Waals surface area contributed by atoms with E-state index >= 15 is 0 Å². The molecule has 4 aromatic heterocycles. The van der Waals surface area contributed by atoms with Crippen molar-refractivity contribution in [2.24, 2.45) is 5.92 Å². The van der Waals surface area contributed by atoms with Crippen molar-refractivity contribution in [3.63, 3.8) is 0 Å². The number of nitrogens with zero attached hydrogens (tertiary/aromatic N) is 3. The first-order chi connectivity index (χ1) is 34.8. The second kappa shape index (κ2) is 20.8. The normalized spacial score (nSPS) is 13.3. The van der Waals surface area contributed by atoms with Crippen molar-refractivity contribution in [3.8, 4) is 39.5 Å². The number of imidazole rings is 1. The number of thiophene rings is 1. The van der Waals surface area contributed by atoms with Gasteiger partial charge >= 0.3 is 0 Å². The van der Waals surface area contributed by atoms with E-state index in [-0.39, 0.29) is 20.1 Å². The molecule has 1 saturated carbocycles. The van der Waals surface area contributed by atoms with Gasteiger partial charge in [0.1, 0.15) is 5.58 Å². The summed E-state index contributed by atoms with van der Waals surface area (Å²) in [5, 5.41) is 6.51. The van der Waals surface area contributed by atoms with Gasteiger partial charge in [-0.05, 0) is 110 Å². The smallest absolute Gasteiger partial charge is 0.120 e. The van der Waals surface area contributed by atoms with Crippen LogP contribution in [0.1, 0.15) is 107 Å². The van der Waals surface area contributed by atoms with Gasteiger partial charge in [0.05, 0.1) is 30.5 Å². The summed E-state index contributed by atoms with van der Waals surface area (Å²) in [4.78, 5) is 10.3. The predicted molar refractivity (Wildman–Crippen MR) is 310 cm³/mol. The van der Waals surface area contributed by atoms with Gasteiger partial charge in [-0.25, -0.2) is 0 Å². The van der Waals surface area contributed by atoms with Crippen LogP contribution in [0.2, 0.25) is 19.6 Å². The van der Waals surface area contributed by atoms with E-state index < -0.39 is 8.07 Å². The summed E-state index contributed by atoms with van der Waals surface area (Å²) in [6.07, 6.45) is 8.36. The molecule has 0 unspecified atom stereocenters. The Labute approximate surface area is 450 Å². The molecule has 1 radical (unpaired) electrons. The first kappa shape index (κ1) is 50.6. The molecule has 0 saturated heterocycles. The fourth-order valence-electron chi connectivity index (χ4n) is 11.4. The monoisotopic (exact) mass is 1170 g/mol. The molecule has 0 atom stereocenters. The summed E-state index contributed by atoms with van der Waals surface area (Å²) in [6, 6.07) is 57.3. The quantitative estimate of drug-likeness (QED) is 0.101. The van der Waals surface area contributed by atoms with Crippen LogP contribution in [0.15, 0.2) is 150 Å². The molecule has 7 heteroatoms. The molecule has 0 bridgehead atoms. The Balaban J connectivity index is 0.000000187. The summed E-state index contributed by atoms with van der Waals surface area (Å²) in [7, 11) is -1.44. The Bertz CT molecular complexity index is 3740. The summed E-state index contributed by atoms with van der Waals surface area (Å²) < 4.78 is 11.3. The Morgan fingerprint density at radius 1 is 0.712 bits per heavy atom. The van der Waals surface area contributed by atoms with Crippen molar-refractivity contribution >= 4 is 77.7 Å². The first-order valence-electron chi connectivity index (χ1n) is 26.2. The van der Waals surface area contributed by atoms with E-state index in [0.717, 1.165) is 62.0 Å². The van der Waals surface area contributed by atoms with Gasteiger partial charge in [-0.2, -0.15) is 11.3 Å². The Morgan fingerprint density at radius 2 is 1.38 bits per heavy atom. The van der Waals surface area contributed by atoms with Crippen molar-refractivity contribution in [2.45, 2.75) is 111 Å². The van der Waals surface area contributed by atoms with Gasteiger partial charge in [0.15, 0.2) is 0 Å². The van der Waals surface area contributed by atoms with Crippen LogP contribution in [0.4, 0.5) is 0 Å². The number of para-hydroxylation sites is 3. The van der Waals surface area contributed by atoms with E-state index in [1.165, 1.54) is 90.1 Å². The first-order valence-corrected chi connectivity index (χ1v) is 30.5. The molecule has 0 aliphatic heterocycles. The van der Waals surface area contributed by atoms with Crippen LogP contribution in [0.3, 0.4) is 0 Å². The third-order valence-electron chi connectivity index (χ3n) is 14.8. The van der Waals surface area contributed by atoms with Gasteiger partial charge in [0, 0.05) is 42.1 Å². The van der Waals surface area contributed by atoms with E-state index in [9.17, 15) is 0 Å². The van der Waals surface area contributed by atoms with Crippen molar-refractivity contribution in [1.29, 1.82) is 0 Å². The fourth-order valence-corrected chi connectivity index (χ4v) is 14.2. The molecule has 12 rings (SSSR count). The molecular formula is C66H65IrN3OSSi-2.